The van der Waals surface area contributed by atoms with Crippen molar-refractivity contribution >= 4 is 29.1 Å². The first-order valence-electron chi connectivity index (χ1n) is 9.26. The van der Waals surface area contributed by atoms with Crippen molar-refractivity contribution in [1.82, 2.24) is 4.57 Å². The second-order valence-corrected chi connectivity index (χ2v) is 9.57. The molecule has 2 bridgehead atoms. The molecule has 2 aliphatic carbocycles. The second-order valence-electron chi connectivity index (χ2n) is 7.41. The van der Waals surface area contributed by atoms with Crippen LogP contribution in [0.2, 0.25) is 0 Å². The third-order valence-electron chi connectivity index (χ3n) is 6.13. The summed E-state index contributed by atoms with van der Waals surface area (Å²) in [6, 6.07) is 3.96. The van der Waals surface area contributed by atoms with E-state index >= 15 is 0 Å². The minimum Gasteiger partial charge on any atom is -0.469 e. The summed E-state index contributed by atoms with van der Waals surface area (Å²) >= 11 is 3.10. The molecule has 1 aliphatic heterocycles. The number of furan rings is 1. The van der Waals surface area contributed by atoms with Crippen LogP contribution >= 0.6 is 23.1 Å². The molecule has 2 aromatic rings. The van der Waals surface area contributed by atoms with Crippen molar-refractivity contribution in [3.63, 3.8) is 0 Å². The SMILES string of the molecule is CCOC(=O)Cn1c2c(sc1=O)[C@@H](c1ccco1)[C@@H]1[C@H]3CC[C@@H](C3)[C@H]1S2. The minimum absolute atomic E-state index is 0.00185. The second kappa shape index (κ2) is 6.30. The lowest BCUT2D eigenvalue weighted by Gasteiger charge is -2.39. The Labute approximate surface area is 159 Å². The molecular formula is C19H21NO4S2. The first-order valence-corrected chi connectivity index (χ1v) is 11.0. The van der Waals surface area contributed by atoms with E-state index in [0.29, 0.717) is 23.7 Å². The smallest absolute Gasteiger partial charge is 0.326 e. The van der Waals surface area contributed by atoms with Gasteiger partial charge in [-0.05, 0) is 56.1 Å². The summed E-state index contributed by atoms with van der Waals surface area (Å²) in [6.45, 7) is 2.11. The Morgan fingerprint density at radius 3 is 3.00 bits per heavy atom. The Hall–Kier alpha value is -1.47. The zero-order valence-corrected chi connectivity index (χ0v) is 16.2. The van der Waals surface area contributed by atoms with Gasteiger partial charge in [0.25, 0.3) is 0 Å². The number of carbonyl (C=O) groups is 1. The number of fused-ring (bicyclic) bond motifs is 6. The summed E-state index contributed by atoms with van der Waals surface area (Å²) in [5, 5.41) is 1.47. The van der Waals surface area contributed by atoms with Crippen molar-refractivity contribution in [3.8, 4) is 0 Å². The van der Waals surface area contributed by atoms with Gasteiger partial charge in [0.1, 0.15) is 12.3 Å². The molecule has 0 radical (unpaired) electrons. The van der Waals surface area contributed by atoms with Crippen molar-refractivity contribution in [2.24, 2.45) is 17.8 Å². The number of rotatable bonds is 4. The van der Waals surface area contributed by atoms with E-state index in [9.17, 15) is 9.59 Å². The van der Waals surface area contributed by atoms with E-state index in [1.807, 2.05) is 23.9 Å². The van der Waals surface area contributed by atoms with Gasteiger partial charge in [0, 0.05) is 5.25 Å². The maximum atomic E-state index is 12.7. The van der Waals surface area contributed by atoms with Gasteiger partial charge >= 0.3 is 10.8 Å². The maximum absolute atomic E-state index is 12.7. The van der Waals surface area contributed by atoms with E-state index in [4.69, 9.17) is 9.15 Å². The predicted molar refractivity (Wildman–Crippen MR) is 99.7 cm³/mol. The summed E-state index contributed by atoms with van der Waals surface area (Å²) < 4.78 is 12.5. The Kier molecular flexibility index (Phi) is 4.05. The van der Waals surface area contributed by atoms with Crippen LogP contribution in [0.5, 0.6) is 0 Å². The van der Waals surface area contributed by atoms with E-state index < -0.39 is 0 Å². The van der Waals surface area contributed by atoms with E-state index in [1.165, 1.54) is 30.6 Å². The highest BCUT2D eigenvalue weighted by atomic mass is 32.2. The molecule has 3 heterocycles. The number of thioether (sulfide) groups is 1. The summed E-state index contributed by atoms with van der Waals surface area (Å²) in [4.78, 5) is 25.7. The molecule has 0 unspecified atom stereocenters. The lowest BCUT2D eigenvalue weighted by molar-refractivity contribution is -0.144. The van der Waals surface area contributed by atoms with Crippen molar-refractivity contribution < 1.29 is 13.9 Å². The molecule has 5 rings (SSSR count). The van der Waals surface area contributed by atoms with Crippen molar-refractivity contribution in [3.05, 3.63) is 38.7 Å². The monoisotopic (exact) mass is 391 g/mol. The highest BCUT2D eigenvalue weighted by Gasteiger charge is 2.55. The van der Waals surface area contributed by atoms with Gasteiger partial charge in [-0.15, -0.1) is 11.8 Å². The molecule has 5 nitrogen and oxygen atoms in total. The van der Waals surface area contributed by atoms with Gasteiger partial charge in [-0.25, -0.2) is 0 Å². The highest BCUT2D eigenvalue weighted by Crippen LogP contribution is 2.63. The fourth-order valence-electron chi connectivity index (χ4n) is 5.21. The molecule has 0 amide bonds. The Morgan fingerprint density at radius 1 is 1.38 bits per heavy atom. The van der Waals surface area contributed by atoms with E-state index in [0.717, 1.165) is 21.6 Å². The van der Waals surface area contributed by atoms with Crippen molar-refractivity contribution in [2.75, 3.05) is 6.61 Å². The molecule has 0 N–H and O–H groups in total. The van der Waals surface area contributed by atoms with Gasteiger partial charge in [-0.2, -0.15) is 0 Å². The zero-order chi connectivity index (χ0) is 17.8. The van der Waals surface area contributed by atoms with Gasteiger partial charge in [-0.1, -0.05) is 11.3 Å². The van der Waals surface area contributed by atoms with E-state index in [-0.39, 0.29) is 23.3 Å². The standard InChI is InChI=1S/C19H21NO4S2/c1-2-23-13(21)9-20-18-17(26-19(20)22)15(12-4-3-7-24-12)14-10-5-6-11(8-10)16(14)25-18/h3-4,7,10-11,14-16H,2,5-6,8-9H2,1H3/t10-,11-,14-,15-,16+/m0/s1. The van der Waals surface area contributed by atoms with Crippen LogP contribution in [0.15, 0.2) is 32.6 Å². The minimum atomic E-state index is -0.347. The maximum Gasteiger partial charge on any atom is 0.326 e. The molecule has 0 spiro atoms. The summed E-state index contributed by atoms with van der Waals surface area (Å²) in [5.74, 6) is 2.72. The molecule has 7 heteroatoms. The van der Waals surface area contributed by atoms with Gasteiger partial charge in [-0.3, -0.25) is 14.2 Å². The molecular weight excluding hydrogens is 370 g/mol. The number of hydrogen-bond acceptors (Lipinski definition) is 6. The van der Waals surface area contributed by atoms with Crippen LogP contribution in [0.1, 0.15) is 42.7 Å². The van der Waals surface area contributed by atoms with Gasteiger partial charge in [0.15, 0.2) is 0 Å². The third-order valence-corrected chi connectivity index (χ3v) is 8.96. The number of thiazole rings is 1. The molecule has 2 saturated carbocycles. The van der Waals surface area contributed by atoms with Crippen molar-refractivity contribution in [2.45, 2.75) is 48.9 Å². The van der Waals surface area contributed by atoms with Crippen LogP contribution in [0, 0.1) is 17.8 Å². The highest BCUT2D eigenvalue weighted by molar-refractivity contribution is 8.00. The summed E-state index contributed by atoms with van der Waals surface area (Å²) in [7, 11) is 0. The first kappa shape index (κ1) is 16.7. The Balaban J connectivity index is 1.60. The van der Waals surface area contributed by atoms with Crippen LogP contribution in [0.25, 0.3) is 0 Å². The number of carbonyl (C=O) groups excluding carboxylic acids is 1. The number of hydrogen-bond donors (Lipinski definition) is 0. The Bertz CT molecular complexity index is 884. The fraction of sp³-hybridized carbons (Fsp3) is 0.579. The first-order chi connectivity index (χ1) is 12.7. The predicted octanol–water partition coefficient (Wildman–Crippen LogP) is 3.72. The largest absolute Gasteiger partial charge is 0.469 e. The zero-order valence-electron chi connectivity index (χ0n) is 14.6. The summed E-state index contributed by atoms with van der Waals surface area (Å²) in [6.07, 6.45) is 5.58. The molecule has 2 aromatic heterocycles. The van der Waals surface area contributed by atoms with Crippen molar-refractivity contribution in [1.29, 1.82) is 0 Å². The fourth-order valence-corrected chi connectivity index (χ4v) is 8.34. The van der Waals surface area contributed by atoms with Crippen LogP contribution in [-0.2, 0) is 16.1 Å². The molecule has 5 atom stereocenters. The Morgan fingerprint density at radius 2 is 2.23 bits per heavy atom. The number of esters is 1. The number of aromatic nitrogens is 1. The molecule has 0 aromatic carbocycles. The van der Waals surface area contributed by atoms with Crippen LogP contribution in [0.4, 0.5) is 0 Å². The molecule has 26 heavy (non-hydrogen) atoms. The van der Waals surface area contributed by atoms with E-state index in [1.54, 1.807) is 17.8 Å². The van der Waals surface area contributed by atoms with Crippen LogP contribution in [-0.4, -0.2) is 22.4 Å². The van der Waals surface area contributed by atoms with Gasteiger partial charge < -0.3 is 9.15 Å². The number of nitrogens with zero attached hydrogens (tertiary/aromatic N) is 1. The lowest BCUT2D eigenvalue weighted by atomic mass is 9.77. The van der Waals surface area contributed by atoms with Crippen LogP contribution < -0.4 is 4.87 Å². The summed E-state index contributed by atoms with van der Waals surface area (Å²) in [5.41, 5.74) is 0. The molecule has 138 valence electrons. The van der Waals surface area contributed by atoms with Crippen LogP contribution in [0.3, 0.4) is 0 Å². The molecule has 3 aliphatic rings. The number of ether oxygens (including phenoxy) is 1. The average Bonchev–Trinajstić information content (AvgIpc) is 3.38. The topological polar surface area (TPSA) is 61.4 Å². The van der Waals surface area contributed by atoms with E-state index in [2.05, 4.69) is 0 Å². The quantitative estimate of drug-likeness (QED) is 0.744. The molecule has 2 fully saturated rings. The average molecular weight is 392 g/mol. The van der Waals surface area contributed by atoms with Gasteiger partial charge in [0.05, 0.1) is 28.7 Å². The molecule has 0 saturated heterocycles. The lowest BCUT2D eigenvalue weighted by Crippen LogP contribution is -2.34. The third kappa shape index (κ3) is 2.43. The normalized spacial score (nSPS) is 31.7. The van der Waals surface area contributed by atoms with Gasteiger partial charge in [0.2, 0.25) is 0 Å².